The quantitative estimate of drug-likeness (QED) is 0.807. The number of rotatable bonds is 3. The van der Waals surface area contributed by atoms with Crippen LogP contribution >= 0.6 is 0 Å². The lowest BCUT2D eigenvalue weighted by molar-refractivity contribution is 0.203. The molecular weight excluding hydrogens is 215 g/mol. The minimum atomic E-state index is -0.172. The van der Waals surface area contributed by atoms with Crippen LogP contribution in [0.2, 0.25) is 0 Å². The monoisotopic (exact) mass is 234 g/mol. The zero-order valence-electron chi connectivity index (χ0n) is 10.2. The van der Waals surface area contributed by atoms with Crippen LogP contribution in [0.15, 0.2) is 30.9 Å². The lowest BCUT2D eigenvalue weighted by atomic mass is 9.99. The Kier molecular flexibility index (Phi) is 3.92. The van der Waals surface area contributed by atoms with Crippen LogP contribution < -0.4 is 5.32 Å². The smallest absolute Gasteiger partial charge is 0.123 e. The molecule has 0 aromatic heterocycles. The molecule has 0 spiro atoms. The molecule has 0 radical (unpaired) electrons. The second-order valence-corrected chi connectivity index (χ2v) is 4.47. The van der Waals surface area contributed by atoms with Gasteiger partial charge >= 0.3 is 0 Å². The van der Waals surface area contributed by atoms with E-state index < -0.39 is 0 Å². The highest BCUT2D eigenvalue weighted by molar-refractivity contribution is 5.32. The molecule has 92 valence electrons. The Bertz CT molecular complexity index is 397. The predicted molar refractivity (Wildman–Crippen MR) is 68.5 cm³/mol. The Morgan fingerprint density at radius 2 is 2.12 bits per heavy atom. The molecular formula is C14H19FN2. The van der Waals surface area contributed by atoms with Crippen molar-refractivity contribution in [1.29, 1.82) is 0 Å². The van der Waals surface area contributed by atoms with E-state index in [-0.39, 0.29) is 11.9 Å². The molecule has 1 aromatic rings. The van der Waals surface area contributed by atoms with Gasteiger partial charge in [0.05, 0.1) is 6.04 Å². The molecule has 3 heteroatoms. The number of benzene rings is 1. The van der Waals surface area contributed by atoms with Crippen molar-refractivity contribution in [3.05, 3.63) is 47.8 Å². The van der Waals surface area contributed by atoms with E-state index in [1.807, 2.05) is 19.1 Å². The summed E-state index contributed by atoms with van der Waals surface area (Å²) in [5.41, 5.74) is 2.15. The van der Waals surface area contributed by atoms with Crippen molar-refractivity contribution >= 4 is 0 Å². The molecule has 1 heterocycles. The molecule has 0 bridgehead atoms. The predicted octanol–water partition coefficient (Wildman–Crippen LogP) is 2.27. The van der Waals surface area contributed by atoms with E-state index in [0.717, 1.165) is 37.3 Å². The summed E-state index contributed by atoms with van der Waals surface area (Å²) < 4.78 is 13.1. The average Bonchev–Trinajstić information content (AvgIpc) is 2.34. The third kappa shape index (κ3) is 2.73. The van der Waals surface area contributed by atoms with Gasteiger partial charge in [-0.1, -0.05) is 12.1 Å². The number of nitrogens with zero attached hydrogens (tertiary/aromatic N) is 1. The fraction of sp³-hybridized carbons (Fsp3) is 0.429. The summed E-state index contributed by atoms with van der Waals surface area (Å²) in [6.07, 6.45) is 1.95. The van der Waals surface area contributed by atoms with Crippen LogP contribution in [0.5, 0.6) is 0 Å². The third-order valence-electron chi connectivity index (χ3n) is 3.32. The molecule has 2 nitrogen and oxygen atoms in total. The zero-order valence-corrected chi connectivity index (χ0v) is 10.2. The summed E-state index contributed by atoms with van der Waals surface area (Å²) in [4.78, 5) is 2.38. The molecule has 1 aromatic carbocycles. The van der Waals surface area contributed by atoms with E-state index in [2.05, 4.69) is 16.8 Å². The second-order valence-electron chi connectivity index (χ2n) is 4.47. The number of piperazine rings is 1. The van der Waals surface area contributed by atoms with Gasteiger partial charge in [0.15, 0.2) is 0 Å². The maximum atomic E-state index is 13.1. The van der Waals surface area contributed by atoms with E-state index in [9.17, 15) is 4.39 Å². The van der Waals surface area contributed by atoms with Crippen molar-refractivity contribution in [3.63, 3.8) is 0 Å². The lowest BCUT2D eigenvalue weighted by Crippen LogP contribution is -2.44. The van der Waals surface area contributed by atoms with Crippen LogP contribution in [0, 0.1) is 12.7 Å². The van der Waals surface area contributed by atoms with Gasteiger partial charge in [0.25, 0.3) is 0 Å². The molecule has 0 saturated carbocycles. The first kappa shape index (κ1) is 12.3. The van der Waals surface area contributed by atoms with E-state index in [0.29, 0.717) is 0 Å². The number of aryl methyl sites for hydroxylation is 1. The summed E-state index contributed by atoms with van der Waals surface area (Å²) in [6.45, 7) is 9.90. The Morgan fingerprint density at radius 3 is 2.71 bits per heavy atom. The molecule has 1 fully saturated rings. The van der Waals surface area contributed by atoms with Crippen molar-refractivity contribution in [2.24, 2.45) is 0 Å². The number of hydrogen-bond acceptors (Lipinski definition) is 2. The van der Waals surface area contributed by atoms with Gasteiger partial charge in [-0.15, -0.1) is 6.58 Å². The molecule has 0 amide bonds. The van der Waals surface area contributed by atoms with Crippen LogP contribution in [-0.4, -0.2) is 31.1 Å². The molecule has 1 N–H and O–H groups in total. The number of halogens is 1. The first-order valence-electron chi connectivity index (χ1n) is 6.06. The fourth-order valence-electron chi connectivity index (χ4n) is 2.40. The molecule has 17 heavy (non-hydrogen) atoms. The van der Waals surface area contributed by atoms with Crippen LogP contribution in [0.25, 0.3) is 0 Å². The van der Waals surface area contributed by atoms with Gasteiger partial charge in [-0.25, -0.2) is 4.39 Å². The Morgan fingerprint density at radius 1 is 1.41 bits per heavy atom. The second kappa shape index (κ2) is 5.43. The third-order valence-corrected chi connectivity index (χ3v) is 3.32. The Labute approximate surface area is 102 Å². The minimum absolute atomic E-state index is 0.172. The number of nitrogens with one attached hydrogen (secondary N) is 1. The van der Waals surface area contributed by atoms with Gasteiger partial charge in [-0.2, -0.15) is 0 Å². The lowest BCUT2D eigenvalue weighted by Gasteiger charge is -2.34. The minimum Gasteiger partial charge on any atom is -0.314 e. The van der Waals surface area contributed by atoms with Gasteiger partial charge in [0, 0.05) is 26.2 Å². The summed E-state index contributed by atoms with van der Waals surface area (Å²) >= 11 is 0. The summed E-state index contributed by atoms with van der Waals surface area (Å²) in [5.74, 6) is -0.172. The molecule has 0 unspecified atom stereocenters. The first-order valence-corrected chi connectivity index (χ1v) is 6.06. The molecule has 2 rings (SSSR count). The van der Waals surface area contributed by atoms with Crippen LogP contribution in [-0.2, 0) is 0 Å². The van der Waals surface area contributed by atoms with E-state index >= 15 is 0 Å². The van der Waals surface area contributed by atoms with E-state index in [1.165, 1.54) is 6.07 Å². The maximum absolute atomic E-state index is 13.1. The summed E-state index contributed by atoms with van der Waals surface area (Å²) in [6, 6.07) is 5.19. The highest BCUT2D eigenvalue weighted by Gasteiger charge is 2.20. The van der Waals surface area contributed by atoms with Crippen molar-refractivity contribution < 1.29 is 4.39 Å². The van der Waals surface area contributed by atoms with Gasteiger partial charge in [-0.3, -0.25) is 4.90 Å². The first-order chi connectivity index (χ1) is 8.22. The van der Waals surface area contributed by atoms with E-state index in [4.69, 9.17) is 0 Å². The molecule has 0 aliphatic carbocycles. The highest BCUT2D eigenvalue weighted by atomic mass is 19.1. The SMILES string of the molecule is C=C[C@H](c1ccc(F)cc1C)N1CCNCC1. The van der Waals surface area contributed by atoms with Crippen molar-refractivity contribution in [1.82, 2.24) is 10.2 Å². The van der Waals surface area contributed by atoms with Crippen LogP contribution in [0.3, 0.4) is 0 Å². The van der Waals surface area contributed by atoms with Gasteiger partial charge in [0.2, 0.25) is 0 Å². The topological polar surface area (TPSA) is 15.3 Å². The summed E-state index contributed by atoms with van der Waals surface area (Å²) in [5, 5.41) is 3.33. The largest absolute Gasteiger partial charge is 0.314 e. The average molecular weight is 234 g/mol. The fourth-order valence-corrected chi connectivity index (χ4v) is 2.40. The van der Waals surface area contributed by atoms with E-state index in [1.54, 1.807) is 6.07 Å². The maximum Gasteiger partial charge on any atom is 0.123 e. The van der Waals surface area contributed by atoms with Gasteiger partial charge < -0.3 is 5.32 Å². The normalized spacial score (nSPS) is 18.9. The molecule has 1 aliphatic heterocycles. The molecule has 1 atom stereocenters. The highest BCUT2D eigenvalue weighted by Crippen LogP contribution is 2.25. The van der Waals surface area contributed by atoms with Crippen LogP contribution in [0.1, 0.15) is 17.2 Å². The Hall–Kier alpha value is -1.19. The van der Waals surface area contributed by atoms with Gasteiger partial charge in [-0.05, 0) is 30.2 Å². The number of hydrogen-bond donors (Lipinski definition) is 1. The summed E-state index contributed by atoms with van der Waals surface area (Å²) in [7, 11) is 0. The zero-order chi connectivity index (χ0) is 12.3. The van der Waals surface area contributed by atoms with Crippen LogP contribution in [0.4, 0.5) is 4.39 Å². The molecule has 1 saturated heterocycles. The van der Waals surface area contributed by atoms with Crippen molar-refractivity contribution in [2.75, 3.05) is 26.2 Å². The van der Waals surface area contributed by atoms with Crippen molar-refractivity contribution in [3.8, 4) is 0 Å². The standard InChI is InChI=1S/C14H19FN2/c1-3-14(17-8-6-16-7-9-17)13-5-4-12(15)10-11(13)2/h3-5,10,14,16H,1,6-9H2,2H3/t14-/m1/s1. The van der Waals surface area contributed by atoms with Gasteiger partial charge in [0.1, 0.15) is 5.82 Å². The molecule has 1 aliphatic rings. The Balaban J connectivity index is 2.24. The van der Waals surface area contributed by atoms with Crippen molar-refractivity contribution in [2.45, 2.75) is 13.0 Å².